The van der Waals surface area contributed by atoms with E-state index in [4.69, 9.17) is 10.5 Å². The number of fused-ring (bicyclic) bond motifs is 1. The zero-order valence-corrected chi connectivity index (χ0v) is 13.0. The van der Waals surface area contributed by atoms with Gasteiger partial charge in [-0.05, 0) is 30.4 Å². The Labute approximate surface area is 134 Å². The lowest BCUT2D eigenvalue weighted by Crippen LogP contribution is -2.02. The zero-order chi connectivity index (χ0) is 15.8. The zero-order valence-electron chi connectivity index (χ0n) is 13.0. The maximum absolute atomic E-state index is 5.77. The van der Waals surface area contributed by atoms with E-state index in [0.717, 1.165) is 22.9 Å². The predicted molar refractivity (Wildman–Crippen MR) is 89.7 cm³/mol. The van der Waals surface area contributed by atoms with Crippen LogP contribution in [0.2, 0.25) is 0 Å². The second kappa shape index (κ2) is 5.46. The van der Waals surface area contributed by atoms with Crippen LogP contribution in [0.5, 0.6) is 5.88 Å². The maximum atomic E-state index is 5.77. The molecule has 6 heteroatoms. The summed E-state index contributed by atoms with van der Waals surface area (Å²) in [5.74, 6) is 1.67. The Morgan fingerprint density at radius 1 is 1.26 bits per heavy atom. The van der Waals surface area contributed by atoms with E-state index < -0.39 is 0 Å². The average Bonchev–Trinajstić information content (AvgIpc) is 3.31. The second-order valence-electron chi connectivity index (χ2n) is 5.91. The van der Waals surface area contributed by atoms with Gasteiger partial charge in [0, 0.05) is 30.2 Å². The van der Waals surface area contributed by atoms with Crippen LogP contribution < -0.4 is 15.8 Å². The normalized spacial score (nSPS) is 14.1. The molecule has 1 aliphatic rings. The highest BCUT2D eigenvalue weighted by molar-refractivity contribution is 5.53. The Morgan fingerprint density at radius 3 is 2.91 bits per heavy atom. The molecule has 0 bridgehead atoms. The number of hydrogen-bond acceptors (Lipinski definition) is 5. The number of aromatic nitrogens is 3. The highest BCUT2D eigenvalue weighted by Gasteiger charge is 2.23. The van der Waals surface area contributed by atoms with Crippen LogP contribution in [0.4, 0.5) is 11.5 Å². The first-order chi connectivity index (χ1) is 11.2. The molecule has 0 saturated heterocycles. The molecule has 3 aromatic heterocycles. The fourth-order valence-corrected chi connectivity index (χ4v) is 2.73. The highest BCUT2D eigenvalue weighted by Crippen LogP contribution is 2.39. The minimum absolute atomic E-state index is 0.427. The smallest absolute Gasteiger partial charge is 0.216 e. The van der Waals surface area contributed by atoms with E-state index in [0.29, 0.717) is 18.2 Å². The molecule has 3 heterocycles. The summed E-state index contributed by atoms with van der Waals surface area (Å²) in [6, 6.07) is 7.87. The monoisotopic (exact) mass is 309 g/mol. The van der Waals surface area contributed by atoms with E-state index in [1.165, 1.54) is 18.4 Å². The predicted octanol–water partition coefficient (Wildman–Crippen LogP) is 2.81. The van der Waals surface area contributed by atoms with Crippen LogP contribution in [0.3, 0.4) is 0 Å². The molecule has 0 aromatic carbocycles. The van der Waals surface area contributed by atoms with Gasteiger partial charge in [-0.1, -0.05) is 6.07 Å². The van der Waals surface area contributed by atoms with Crippen molar-refractivity contribution >= 4 is 17.2 Å². The number of imidazole rings is 1. The Kier molecular flexibility index (Phi) is 3.29. The summed E-state index contributed by atoms with van der Waals surface area (Å²) in [7, 11) is 1.57. The molecule has 0 aliphatic heterocycles. The van der Waals surface area contributed by atoms with Crippen molar-refractivity contribution in [3.05, 3.63) is 47.9 Å². The van der Waals surface area contributed by atoms with E-state index in [1.54, 1.807) is 13.2 Å². The van der Waals surface area contributed by atoms with Gasteiger partial charge in [-0.15, -0.1) is 0 Å². The molecule has 0 atom stereocenters. The van der Waals surface area contributed by atoms with Gasteiger partial charge in [-0.3, -0.25) is 0 Å². The molecule has 6 nitrogen and oxygen atoms in total. The SMILES string of the molecule is COc1cc(NCc2cn3cc(C4CC4)ccc3n2)cc(N)n1. The number of rotatable bonds is 5. The lowest BCUT2D eigenvalue weighted by molar-refractivity contribution is 0.399. The van der Waals surface area contributed by atoms with E-state index >= 15 is 0 Å². The van der Waals surface area contributed by atoms with E-state index in [1.807, 2.05) is 6.07 Å². The lowest BCUT2D eigenvalue weighted by Gasteiger charge is -2.07. The Morgan fingerprint density at radius 2 is 2.13 bits per heavy atom. The van der Waals surface area contributed by atoms with E-state index in [9.17, 15) is 0 Å². The largest absolute Gasteiger partial charge is 0.481 e. The van der Waals surface area contributed by atoms with Crippen LogP contribution in [-0.2, 0) is 6.54 Å². The standard InChI is InChI=1S/C17H19N5O/c1-23-17-7-13(6-15(18)21-17)19-8-14-10-22-9-12(11-2-3-11)4-5-16(22)20-14/h4-7,9-11H,2-3,8H2,1H3,(H3,18,19,21). The molecule has 118 valence electrons. The third-order valence-corrected chi connectivity index (χ3v) is 4.08. The number of nitrogen functional groups attached to an aromatic ring is 1. The minimum Gasteiger partial charge on any atom is -0.481 e. The topological polar surface area (TPSA) is 77.5 Å². The van der Waals surface area contributed by atoms with Crippen LogP contribution in [0, 0.1) is 0 Å². The summed E-state index contributed by atoms with van der Waals surface area (Å²) in [5.41, 5.74) is 9.98. The molecule has 3 N–H and O–H groups in total. The van der Waals surface area contributed by atoms with E-state index in [-0.39, 0.29) is 0 Å². The maximum Gasteiger partial charge on any atom is 0.216 e. The first-order valence-electron chi connectivity index (χ1n) is 7.74. The van der Waals surface area contributed by atoms with Gasteiger partial charge in [0.25, 0.3) is 0 Å². The summed E-state index contributed by atoms with van der Waals surface area (Å²) in [5, 5.41) is 3.31. The first kappa shape index (κ1) is 13.9. The number of pyridine rings is 2. The van der Waals surface area contributed by atoms with Crippen molar-refractivity contribution in [1.29, 1.82) is 0 Å². The Balaban J connectivity index is 1.52. The molecule has 23 heavy (non-hydrogen) atoms. The van der Waals surface area contributed by atoms with Crippen molar-refractivity contribution in [2.45, 2.75) is 25.3 Å². The number of nitrogens with one attached hydrogen (secondary N) is 1. The van der Waals surface area contributed by atoms with Crippen molar-refractivity contribution in [1.82, 2.24) is 14.4 Å². The molecule has 0 radical (unpaired) electrons. The average molecular weight is 309 g/mol. The Hall–Kier alpha value is -2.76. The van der Waals surface area contributed by atoms with Crippen LogP contribution in [0.25, 0.3) is 5.65 Å². The van der Waals surface area contributed by atoms with Crippen molar-refractivity contribution in [2.75, 3.05) is 18.2 Å². The van der Waals surface area contributed by atoms with Gasteiger partial charge >= 0.3 is 0 Å². The molecule has 1 saturated carbocycles. The number of methoxy groups -OCH3 is 1. The lowest BCUT2D eigenvalue weighted by atomic mass is 10.2. The van der Waals surface area contributed by atoms with Crippen LogP contribution in [0.15, 0.2) is 36.7 Å². The molecule has 3 aromatic rings. The minimum atomic E-state index is 0.427. The molecule has 0 spiro atoms. The number of nitrogens with zero attached hydrogens (tertiary/aromatic N) is 3. The van der Waals surface area contributed by atoms with E-state index in [2.05, 4.69) is 44.2 Å². The quantitative estimate of drug-likeness (QED) is 0.758. The Bertz CT molecular complexity index is 853. The second-order valence-corrected chi connectivity index (χ2v) is 5.91. The molecule has 1 aliphatic carbocycles. The van der Waals surface area contributed by atoms with Crippen molar-refractivity contribution in [3.8, 4) is 5.88 Å². The molecule has 0 amide bonds. The van der Waals surface area contributed by atoms with Crippen LogP contribution >= 0.6 is 0 Å². The number of nitrogens with two attached hydrogens (primary N) is 1. The van der Waals surface area contributed by atoms with Gasteiger partial charge in [0.2, 0.25) is 5.88 Å². The summed E-state index contributed by atoms with van der Waals surface area (Å²) < 4.78 is 7.23. The van der Waals surface area contributed by atoms with Crippen LogP contribution in [-0.4, -0.2) is 21.5 Å². The van der Waals surface area contributed by atoms with Crippen molar-refractivity contribution < 1.29 is 4.74 Å². The molecular formula is C17H19N5O. The van der Waals surface area contributed by atoms with Gasteiger partial charge in [0.15, 0.2) is 0 Å². The highest BCUT2D eigenvalue weighted by atomic mass is 16.5. The summed E-state index contributed by atoms with van der Waals surface area (Å²) in [6.07, 6.45) is 6.87. The number of anilines is 2. The van der Waals surface area contributed by atoms with Gasteiger partial charge in [-0.25, -0.2) is 4.98 Å². The molecule has 1 fully saturated rings. The molecular weight excluding hydrogens is 290 g/mol. The third-order valence-electron chi connectivity index (χ3n) is 4.08. The molecule has 4 rings (SSSR count). The van der Waals surface area contributed by atoms with Gasteiger partial charge in [0.05, 0.1) is 19.3 Å². The number of hydrogen-bond donors (Lipinski definition) is 2. The fourth-order valence-electron chi connectivity index (χ4n) is 2.73. The number of ether oxygens (including phenoxy) is 1. The fraction of sp³-hybridized carbons (Fsp3) is 0.294. The first-order valence-corrected chi connectivity index (χ1v) is 7.74. The van der Waals surface area contributed by atoms with Crippen LogP contribution in [0.1, 0.15) is 30.0 Å². The summed E-state index contributed by atoms with van der Waals surface area (Å²) in [6.45, 7) is 0.618. The van der Waals surface area contributed by atoms with Gasteiger partial charge < -0.3 is 20.2 Å². The summed E-state index contributed by atoms with van der Waals surface area (Å²) >= 11 is 0. The van der Waals surface area contributed by atoms with Gasteiger partial charge in [-0.2, -0.15) is 4.98 Å². The van der Waals surface area contributed by atoms with Crippen molar-refractivity contribution in [3.63, 3.8) is 0 Å². The van der Waals surface area contributed by atoms with Gasteiger partial charge in [0.1, 0.15) is 11.5 Å². The van der Waals surface area contributed by atoms with Crippen molar-refractivity contribution in [2.24, 2.45) is 0 Å². The summed E-state index contributed by atoms with van der Waals surface area (Å²) in [4.78, 5) is 8.71. The molecule has 0 unspecified atom stereocenters. The third kappa shape index (κ3) is 2.92.